The van der Waals surface area contributed by atoms with Crippen LogP contribution < -0.4 is 0 Å². The van der Waals surface area contributed by atoms with E-state index in [4.69, 9.17) is 0 Å². The fourth-order valence-corrected chi connectivity index (χ4v) is 6.76. The predicted octanol–water partition coefficient (Wildman–Crippen LogP) is 3.21. The van der Waals surface area contributed by atoms with Crippen LogP contribution in [0.3, 0.4) is 0 Å². The summed E-state index contributed by atoms with van der Waals surface area (Å²) >= 11 is 1.33. The predicted molar refractivity (Wildman–Crippen MR) is 131 cm³/mol. The maximum absolute atomic E-state index is 12.8. The molecule has 0 radical (unpaired) electrons. The zero-order valence-corrected chi connectivity index (χ0v) is 20.7. The molecule has 1 amide bonds. The van der Waals surface area contributed by atoms with Crippen LogP contribution in [0.5, 0.6) is 0 Å². The van der Waals surface area contributed by atoms with E-state index < -0.39 is 9.84 Å². The zero-order chi connectivity index (χ0) is 23.6. The van der Waals surface area contributed by atoms with Crippen molar-refractivity contribution in [2.45, 2.75) is 37.9 Å². The largest absolute Gasteiger partial charge is 0.341 e. The van der Waals surface area contributed by atoms with Gasteiger partial charge in [-0.25, -0.2) is 8.42 Å². The van der Waals surface area contributed by atoms with Crippen LogP contribution in [-0.2, 0) is 21.1 Å². The van der Waals surface area contributed by atoms with Crippen LogP contribution in [0.15, 0.2) is 53.7 Å². The molecule has 174 valence electrons. The third-order valence-electron chi connectivity index (χ3n) is 5.97. The van der Waals surface area contributed by atoms with E-state index in [-0.39, 0.29) is 29.2 Å². The summed E-state index contributed by atoms with van der Waals surface area (Å²) in [6.07, 6.45) is 1.12. The molecule has 1 aliphatic heterocycles. The molecule has 0 spiro atoms. The molecule has 0 N–H and O–H groups in total. The minimum Gasteiger partial charge on any atom is -0.341 e. The van der Waals surface area contributed by atoms with Gasteiger partial charge in [-0.15, -0.1) is 10.2 Å². The van der Waals surface area contributed by atoms with Crippen LogP contribution in [-0.4, -0.2) is 64.3 Å². The third kappa shape index (κ3) is 5.47. The van der Waals surface area contributed by atoms with E-state index in [1.54, 1.807) is 11.9 Å². The number of amides is 1. The van der Waals surface area contributed by atoms with Gasteiger partial charge in [-0.05, 0) is 37.5 Å². The second-order valence-electron chi connectivity index (χ2n) is 8.54. The fourth-order valence-electron chi connectivity index (χ4n) is 4.10. The highest BCUT2D eigenvalue weighted by Crippen LogP contribution is 2.27. The van der Waals surface area contributed by atoms with Crippen LogP contribution in [0, 0.1) is 13.8 Å². The van der Waals surface area contributed by atoms with Crippen LogP contribution in [0.1, 0.15) is 28.9 Å². The van der Waals surface area contributed by atoms with Gasteiger partial charge in [0.1, 0.15) is 5.82 Å². The second kappa shape index (κ2) is 9.69. The van der Waals surface area contributed by atoms with E-state index in [2.05, 4.69) is 54.4 Å². The first-order valence-corrected chi connectivity index (χ1v) is 13.7. The Kier molecular flexibility index (Phi) is 6.90. The molecule has 2 heterocycles. The summed E-state index contributed by atoms with van der Waals surface area (Å²) in [4.78, 5) is 14.4. The van der Waals surface area contributed by atoms with Crippen molar-refractivity contribution in [2.24, 2.45) is 0 Å². The minimum atomic E-state index is -3.05. The molecule has 1 atom stereocenters. The molecule has 0 aliphatic carbocycles. The Hall–Kier alpha value is -2.65. The van der Waals surface area contributed by atoms with Gasteiger partial charge >= 0.3 is 0 Å². The van der Waals surface area contributed by atoms with Crippen molar-refractivity contribution >= 4 is 27.5 Å². The minimum absolute atomic E-state index is 0.0415. The highest BCUT2D eigenvalue weighted by molar-refractivity contribution is 7.99. The second-order valence-corrected chi connectivity index (χ2v) is 11.7. The van der Waals surface area contributed by atoms with Crippen LogP contribution in [0.25, 0.3) is 5.69 Å². The number of hydrogen-bond donors (Lipinski definition) is 0. The van der Waals surface area contributed by atoms with Crippen LogP contribution >= 0.6 is 11.8 Å². The highest BCUT2D eigenvalue weighted by Gasteiger charge is 2.32. The molecule has 0 saturated carbocycles. The van der Waals surface area contributed by atoms with Crippen molar-refractivity contribution < 1.29 is 13.2 Å². The number of carbonyl (C=O) groups excluding carboxylic acids is 1. The number of sulfone groups is 1. The van der Waals surface area contributed by atoms with Crippen molar-refractivity contribution in [3.63, 3.8) is 0 Å². The number of benzene rings is 2. The van der Waals surface area contributed by atoms with Gasteiger partial charge in [0, 0.05) is 19.5 Å². The smallest absolute Gasteiger partial charge is 0.233 e. The van der Waals surface area contributed by atoms with Crippen molar-refractivity contribution in [2.75, 3.05) is 24.3 Å². The average molecular weight is 485 g/mol. The molecule has 1 saturated heterocycles. The Morgan fingerprint density at radius 1 is 1.15 bits per heavy atom. The Balaban J connectivity index is 1.58. The number of carbonyl (C=O) groups is 1. The highest BCUT2D eigenvalue weighted by atomic mass is 32.2. The average Bonchev–Trinajstić information content (AvgIpc) is 3.35. The van der Waals surface area contributed by atoms with Gasteiger partial charge in [0.25, 0.3) is 0 Å². The van der Waals surface area contributed by atoms with E-state index in [0.717, 1.165) is 22.6 Å². The van der Waals surface area contributed by atoms with E-state index in [0.29, 0.717) is 18.0 Å². The number of rotatable bonds is 7. The summed E-state index contributed by atoms with van der Waals surface area (Å²) < 4.78 is 25.6. The normalized spacial score (nSPS) is 17.2. The Morgan fingerprint density at radius 2 is 1.91 bits per heavy atom. The SMILES string of the molecule is Cc1ccc(-n2c(Cc3ccccc3)nnc2SCC(=O)N(C)C2CCS(=O)(=O)C2)c(C)c1. The lowest BCUT2D eigenvalue weighted by atomic mass is 10.1. The molecule has 4 rings (SSSR count). The molecule has 3 aromatic rings. The first kappa shape index (κ1) is 23.5. The van der Waals surface area contributed by atoms with Gasteiger partial charge in [0.2, 0.25) is 5.91 Å². The molecule has 1 unspecified atom stereocenters. The molecule has 7 nitrogen and oxygen atoms in total. The quantitative estimate of drug-likeness (QED) is 0.479. The van der Waals surface area contributed by atoms with Gasteiger partial charge in [0.05, 0.1) is 22.9 Å². The van der Waals surface area contributed by atoms with Gasteiger partial charge < -0.3 is 4.90 Å². The van der Waals surface area contributed by atoms with Crippen molar-refractivity contribution in [3.05, 3.63) is 71.0 Å². The Bertz CT molecular complexity index is 1260. The van der Waals surface area contributed by atoms with Crippen LogP contribution in [0.2, 0.25) is 0 Å². The van der Waals surface area contributed by atoms with Crippen molar-refractivity contribution in [1.29, 1.82) is 0 Å². The molecule has 1 aromatic heterocycles. The summed E-state index contributed by atoms with van der Waals surface area (Å²) in [5, 5.41) is 9.52. The molecule has 1 fully saturated rings. The summed E-state index contributed by atoms with van der Waals surface area (Å²) in [6.45, 7) is 4.11. The number of nitrogens with zero attached hydrogens (tertiary/aromatic N) is 4. The van der Waals surface area contributed by atoms with E-state index in [1.165, 1.54) is 17.3 Å². The molecular formula is C24H28N4O3S2. The molecule has 9 heteroatoms. The van der Waals surface area contributed by atoms with Crippen molar-refractivity contribution in [3.8, 4) is 5.69 Å². The van der Waals surface area contributed by atoms with Crippen molar-refractivity contribution in [1.82, 2.24) is 19.7 Å². The van der Waals surface area contributed by atoms with E-state index in [1.807, 2.05) is 22.8 Å². The Labute approximate surface area is 199 Å². The lowest BCUT2D eigenvalue weighted by molar-refractivity contribution is -0.128. The number of aryl methyl sites for hydroxylation is 2. The number of thioether (sulfide) groups is 1. The van der Waals surface area contributed by atoms with Gasteiger partial charge in [-0.1, -0.05) is 59.8 Å². The molecule has 1 aliphatic rings. The monoisotopic (exact) mass is 484 g/mol. The molecule has 2 aromatic carbocycles. The standard InChI is InChI=1S/C24H28N4O3S2/c1-17-9-10-21(18(2)13-17)28-22(14-19-7-5-4-6-8-19)25-26-24(28)32-15-23(29)27(3)20-11-12-33(30,31)16-20/h4-10,13,20H,11-12,14-16H2,1-3H3. The Morgan fingerprint density at radius 3 is 2.58 bits per heavy atom. The summed E-state index contributed by atoms with van der Waals surface area (Å²) in [5.41, 5.74) is 4.39. The summed E-state index contributed by atoms with van der Waals surface area (Å²) in [5.74, 6) is 1.05. The van der Waals surface area contributed by atoms with E-state index in [9.17, 15) is 13.2 Å². The summed E-state index contributed by atoms with van der Waals surface area (Å²) in [6, 6.07) is 16.1. The lowest BCUT2D eigenvalue weighted by Gasteiger charge is -2.23. The fraction of sp³-hybridized carbons (Fsp3) is 0.375. The molecule has 33 heavy (non-hydrogen) atoms. The maximum Gasteiger partial charge on any atom is 0.233 e. The molecule has 0 bridgehead atoms. The number of aromatic nitrogens is 3. The first-order valence-electron chi connectivity index (χ1n) is 10.9. The van der Waals surface area contributed by atoms with Gasteiger partial charge in [-0.3, -0.25) is 9.36 Å². The third-order valence-corrected chi connectivity index (χ3v) is 8.64. The van der Waals surface area contributed by atoms with E-state index >= 15 is 0 Å². The van der Waals surface area contributed by atoms with Crippen LogP contribution in [0.4, 0.5) is 0 Å². The maximum atomic E-state index is 12.8. The number of hydrogen-bond acceptors (Lipinski definition) is 6. The topological polar surface area (TPSA) is 85.2 Å². The lowest BCUT2D eigenvalue weighted by Crippen LogP contribution is -2.38. The zero-order valence-electron chi connectivity index (χ0n) is 19.1. The molecular weight excluding hydrogens is 456 g/mol. The van der Waals surface area contributed by atoms with Gasteiger partial charge in [-0.2, -0.15) is 0 Å². The summed E-state index contributed by atoms with van der Waals surface area (Å²) in [7, 11) is -1.36. The first-order chi connectivity index (χ1) is 15.7. The van der Waals surface area contributed by atoms with Gasteiger partial charge in [0.15, 0.2) is 15.0 Å².